The van der Waals surface area contributed by atoms with E-state index in [1.807, 2.05) is 0 Å². The van der Waals surface area contributed by atoms with Gasteiger partial charge < -0.3 is 15.2 Å². The summed E-state index contributed by atoms with van der Waals surface area (Å²) in [6, 6.07) is 0.987. The van der Waals surface area contributed by atoms with E-state index >= 15 is 0 Å². The van der Waals surface area contributed by atoms with E-state index in [-0.39, 0.29) is 30.1 Å². The van der Waals surface area contributed by atoms with Crippen molar-refractivity contribution in [1.82, 2.24) is 10.2 Å². The van der Waals surface area contributed by atoms with Gasteiger partial charge in [0.25, 0.3) is 0 Å². The van der Waals surface area contributed by atoms with Crippen molar-refractivity contribution >= 4 is 14.2 Å². The molecule has 1 heterocycles. The van der Waals surface area contributed by atoms with Gasteiger partial charge in [-0.3, -0.25) is 4.90 Å². The molecule has 0 aliphatic carbocycles. The third-order valence-corrected chi connectivity index (χ3v) is 6.06. The minimum atomic E-state index is -1.16. The molecule has 22 heavy (non-hydrogen) atoms. The number of alkyl carbamates (subject to hydrolysis) is 1. The topological polar surface area (TPSA) is 61.8 Å². The lowest BCUT2D eigenvalue weighted by atomic mass is 9.97. The van der Waals surface area contributed by atoms with Crippen LogP contribution in [0.4, 0.5) is 4.79 Å². The number of hydrogen-bond donors (Lipinski definition) is 2. The van der Waals surface area contributed by atoms with Gasteiger partial charge in [-0.1, -0.05) is 19.6 Å². The summed E-state index contributed by atoms with van der Waals surface area (Å²) in [5, 5.41) is 12.4. The fourth-order valence-electron chi connectivity index (χ4n) is 2.64. The average molecular weight is 331 g/mol. The zero-order chi connectivity index (χ0) is 17.0. The van der Waals surface area contributed by atoms with E-state index < -0.39 is 8.07 Å². The lowest BCUT2D eigenvalue weighted by Crippen LogP contribution is -2.40. The molecule has 2 N–H and O–H groups in total. The van der Waals surface area contributed by atoms with E-state index in [9.17, 15) is 9.90 Å². The highest BCUT2D eigenvalue weighted by Crippen LogP contribution is 2.28. The van der Waals surface area contributed by atoms with Crippen LogP contribution in [0.25, 0.3) is 0 Å². The zero-order valence-corrected chi connectivity index (χ0v) is 16.1. The molecular formula is C16H34N2O3Si. The fourth-order valence-corrected chi connectivity index (χ4v) is 3.35. The van der Waals surface area contributed by atoms with Crippen LogP contribution in [0.3, 0.4) is 0 Å². The van der Waals surface area contributed by atoms with Crippen LogP contribution in [-0.4, -0.2) is 62.6 Å². The SMILES string of the molecule is CC(C)(C)N1CC(CO)C(CNC(=O)OCC[Si](C)(C)C)C1. The van der Waals surface area contributed by atoms with E-state index in [2.05, 4.69) is 50.6 Å². The van der Waals surface area contributed by atoms with Gasteiger partial charge >= 0.3 is 6.09 Å². The number of nitrogens with one attached hydrogen (secondary N) is 1. The van der Waals surface area contributed by atoms with Gasteiger partial charge in [0, 0.05) is 45.8 Å². The maximum Gasteiger partial charge on any atom is 0.407 e. The number of likely N-dealkylation sites (tertiary alicyclic amines) is 1. The highest BCUT2D eigenvalue weighted by Gasteiger charge is 2.37. The Morgan fingerprint density at radius 1 is 1.27 bits per heavy atom. The van der Waals surface area contributed by atoms with Gasteiger partial charge in [-0.2, -0.15) is 0 Å². The molecule has 2 unspecified atom stereocenters. The van der Waals surface area contributed by atoms with Gasteiger partial charge in [0.05, 0.1) is 6.61 Å². The van der Waals surface area contributed by atoms with E-state index in [1.54, 1.807) is 0 Å². The molecule has 0 spiro atoms. The lowest BCUT2D eigenvalue weighted by molar-refractivity contribution is 0.146. The van der Waals surface area contributed by atoms with Crippen molar-refractivity contribution < 1.29 is 14.6 Å². The molecule has 1 saturated heterocycles. The Balaban J connectivity index is 2.35. The molecule has 1 aliphatic heterocycles. The second-order valence-corrected chi connectivity index (χ2v) is 14.2. The molecule has 0 aromatic rings. The van der Waals surface area contributed by atoms with Crippen LogP contribution >= 0.6 is 0 Å². The van der Waals surface area contributed by atoms with Crippen LogP contribution in [0.15, 0.2) is 0 Å². The molecule has 1 rings (SSSR count). The van der Waals surface area contributed by atoms with E-state index in [1.165, 1.54) is 0 Å². The van der Waals surface area contributed by atoms with E-state index in [0.29, 0.717) is 13.2 Å². The Morgan fingerprint density at radius 3 is 2.36 bits per heavy atom. The van der Waals surface area contributed by atoms with Gasteiger partial charge in [0.15, 0.2) is 0 Å². The normalized spacial score (nSPS) is 23.6. The first-order chi connectivity index (χ1) is 10.0. The first kappa shape index (κ1) is 19.5. The summed E-state index contributed by atoms with van der Waals surface area (Å²) >= 11 is 0. The maximum atomic E-state index is 11.8. The molecular weight excluding hydrogens is 296 g/mol. The Morgan fingerprint density at radius 2 is 1.86 bits per heavy atom. The second kappa shape index (κ2) is 7.79. The summed E-state index contributed by atoms with van der Waals surface area (Å²) in [5.74, 6) is 0.510. The van der Waals surface area contributed by atoms with Gasteiger partial charge in [-0.25, -0.2) is 4.79 Å². The smallest absolute Gasteiger partial charge is 0.407 e. The fraction of sp³-hybridized carbons (Fsp3) is 0.938. The van der Waals surface area contributed by atoms with Crippen LogP contribution in [0, 0.1) is 11.8 Å². The van der Waals surface area contributed by atoms with E-state index in [0.717, 1.165) is 19.1 Å². The summed E-state index contributed by atoms with van der Waals surface area (Å²) in [6.45, 7) is 16.4. The number of aliphatic hydroxyl groups excluding tert-OH is 1. The number of carbonyl (C=O) groups excluding carboxylic acids is 1. The van der Waals surface area contributed by atoms with Crippen molar-refractivity contribution in [1.29, 1.82) is 0 Å². The Hall–Kier alpha value is -0.593. The number of aliphatic hydroxyl groups is 1. The quantitative estimate of drug-likeness (QED) is 0.734. The van der Waals surface area contributed by atoms with Gasteiger partial charge in [-0.05, 0) is 32.7 Å². The van der Waals surface area contributed by atoms with Crippen LogP contribution < -0.4 is 5.32 Å². The number of nitrogens with zero attached hydrogens (tertiary/aromatic N) is 1. The predicted molar refractivity (Wildman–Crippen MR) is 92.9 cm³/mol. The molecule has 5 nitrogen and oxygen atoms in total. The number of hydrogen-bond acceptors (Lipinski definition) is 4. The summed E-state index contributed by atoms with van der Waals surface area (Å²) < 4.78 is 5.25. The molecule has 0 saturated carbocycles. The lowest BCUT2D eigenvalue weighted by Gasteiger charge is -2.31. The minimum Gasteiger partial charge on any atom is -0.450 e. The maximum absolute atomic E-state index is 11.8. The number of rotatable bonds is 6. The highest BCUT2D eigenvalue weighted by molar-refractivity contribution is 6.76. The summed E-state index contributed by atoms with van der Waals surface area (Å²) in [6.07, 6.45) is -0.329. The summed E-state index contributed by atoms with van der Waals surface area (Å²) in [4.78, 5) is 14.1. The highest BCUT2D eigenvalue weighted by atomic mass is 28.3. The van der Waals surface area contributed by atoms with Crippen molar-refractivity contribution in [2.24, 2.45) is 11.8 Å². The Kier molecular flexibility index (Phi) is 6.89. The summed E-state index contributed by atoms with van der Waals surface area (Å²) in [5.41, 5.74) is 0.0972. The molecule has 130 valence electrons. The number of amides is 1. The molecule has 0 radical (unpaired) electrons. The largest absolute Gasteiger partial charge is 0.450 e. The third-order valence-electron chi connectivity index (χ3n) is 4.35. The van der Waals surface area contributed by atoms with Crippen molar-refractivity contribution in [3.63, 3.8) is 0 Å². The van der Waals surface area contributed by atoms with Crippen molar-refractivity contribution in [3.8, 4) is 0 Å². The molecule has 1 fully saturated rings. The van der Waals surface area contributed by atoms with Gasteiger partial charge in [0.1, 0.15) is 0 Å². The first-order valence-electron chi connectivity index (χ1n) is 8.29. The van der Waals surface area contributed by atoms with Crippen molar-refractivity contribution in [2.75, 3.05) is 32.8 Å². The first-order valence-corrected chi connectivity index (χ1v) is 12.0. The zero-order valence-electron chi connectivity index (χ0n) is 15.1. The van der Waals surface area contributed by atoms with Crippen LogP contribution in [0.5, 0.6) is 0 Å². The minimum absolute atomic E-state index is 0.0972. The number of carbonyl (C=O) groups is 1. The van der Waals surface area contributed by atoms with Crippen LogP contribution in [-0.2, 0) is 4.74 Å². The second-order valence-electron chi connectivity index (χ2n) is 8.61. The average Bonchev–Trinajstić information content (AvgIpc) is 2.77. The third kappa shape index (κ3) is 6.67. The monoisotopic (exact) mass is 330 g/mol. The van der Waals surface area contributed by atoms with Gasteiger partial charge in [0.2, 0.25) is 0 Å². The molecule has 6 heteroatoms. The Labute approximate surface area is 136 Å². The van der Waals surface area contributed by atoms with Crippen LogP contribution in [0.2, 0.25) is 25.7 Å². The van der Waals surface area contributed by atoms with Crippen molar-refractivity contribution in [2.45, 2.75) is 52.0 Å². The van der Waals surface area contributed by atoms with Gasteiger partial charge in [-0.15, -0.1) is 0 Å². The molecule has 0 aromatic carbocycles. The van der Waals surface area contributed by atoms with E-state index in [4.69, 9.17) is 4.74 Å². The molecule has 1 amide bonds. The summed E-state index contributed by atoms with van der Waals surface area (Å²) in [7, 11) is -1.16. The number of ether oxygens (including phenoxy) is 1. The Bertz CT molecular complexity index is 363. The molecule has 1 aliphatic rings. The molecule has 0 bridgehead atoms. The van der Waals surface area contributed by atoms with Crippen LogP contribution in [0.1, 0.15) is 20.8 Å². The molecule has 2 atom stereocenters. The standard InChI is InChI=1S/C16H34N2O3Si/c1-16(2,3)18-10-13(14(11-18)12-19)9-17-15(20)21-7-8-22(4,5)6/h13-14,19H,7-12H2,1-6H3,(H,17,20). The molecule has 0 aromatic heterocycles. The predicted octanol–water partition coefficient (Wildman–Crippen LogP) is 2.39. The van der Waals surface area contributed by atoms with Crippen molar-refractivity contribution in [3.05, 3.63) is 0 Å².